The summed E-state index contributed by atoms with van der Waals surface area (Å²) in [5, 5.41) is 9.22. The van der Waals surface area contributed by atoms with Gasteiger partial charge in [0, 0.05) is 13.1 Å². The van der Waals surface area contributed by atoms with Gasteiger partial charge in [-0.25, -0.2) is 4.79 Å². The summed E-state index contributed by atoms with van der Waals surface area (Å²) in [5.41, 5.74) is -0.233. The van der Waals surface area contributed by atoms with Crippen molar-refractivity contribution < 1.29 is 19.4 Å². The predicted octanol–water partition coefficient (Wildman–Crippen LogP) is 2.37. The lowest BCUT2D eigenvalue weighted by molar-refractivity contribution is -0.132. The van der Waals surface area contributed by atoms with Gasteiger partial charge in [-0.15, -0.1) is 0 Å². The number of carboxylic acid groups (broad SMARTS) is 1. The lowest BCUT2D eigenvalue weighted by Crippen LogP contribution is -2.54. The quantitative estimate of drug-likeness (QED) is 0.917. The second-order valence-corrected chi connectivity index (χ2v) is 6.96. The molecular weight excluding hydrogens is 308 g/mol. The highest BCUT2D eigenvalue weighted by atomic mass is 16.5. The van der Waals surface area contributed by atoms with Crippen molar-refractivity contribution in [3.05, 3.63) is 23.8 Å². The molecule has 1 amide bonds. The number of carbonyl (C=O) groups is 2. The van der Waals surface area contributed by atoms with Gasteiger partial charge < -0.3 is 19.6 Å². The van der Waals surface area contributed by atoms with Crippen LogP contribution in [-0.2, 0) is 4.79 Å². The van der Waals surface area contributed by atoms with Crippen LogP contribution >= 0.6 is 0 Å². The number of carbonyl (C=O) groups excluding carboxylic acids is 1. The number of ether oxygens (including phenoxy) is 1. The number of rotatable bonds is 4. The molecule has 2 aliphatic heterocycles. The third-order valence-electron chi connectivity index (χ3n) is 4.71. The molecule has 0 aromatic heterocycles. The first-order valence-corrected chi connectivity index (χ1v) is 8.49. The summed E-state index contributed by atoms with van der Waals surface area (Å²) in [5.74, 6) is -0.580. The number of piperidine rings is 1. The number of likely N-dealkylation sites (tertiary alicyclic amines) is 1. The molecule has 0 saturated carbocycles. The Labute approximate surface area is 142 Å². The van der Waals surface area contributed by atoms with Gasteiger partial charge in [-0.3, -0.25) is 4.79 Å². The standard InChI is InChI=1S/C18H24N2O4/c1-18(2)17(23)20(11-10-19-8-4-3-5-9-19)14-12-13(16(21)22)6-7-15(14)24-18/h6-7,12H,3-5,8-11H2,1-2H3,(H,21,22). The molecule has 0 unspecified atom stereocenters. The summed E-state index contributed by atoms with van der Waals surface area (Å²) >= 11 is 0. The van der Waals surface area contributed by atoms with Crippen LogP contribution in [0.5, 0.6) is 5.75 Å². The average Bonchev–Trinajstić information content (AvgIpc) is 2.55. The Morgan fingerprint density at radius 2 is 1.92 bits per heavy atom. The van der Waals surface area contributed by atoms with Crippen LogP contribution in [0.15, 0.2) is 18.2 Å². The first-order valence-electron chi connectivity index (χ1n) is 8.49. The van der Waals surface area contributed by atoms with E-state index in [0.29, 0.717) is 18.0 Å². The zero-order valence-electron chi connectivity index (χ0n) is 14.2. The molecule has 2 heterocycles. The van der Waals surface area contributed by atoms with Crippen LogP contribution in [0.4, 0.5) is 5.69 Å². The molecule has 2 aliphatic rings. The molecule has 0 spiro atoms. The molecule has 0 aliphatic carbocycles. The Kier molecular flexibility index (Phi) is 4.49. The van der Waals surface area contributed by atoms with Crippen LogP contribution in [-0.4, -0.2) is 53.7 Å². The zero-order chi connectivity index (χ0) is 17.3. The van der Waals surface area contributed by atoms with E-state index >= 15 is 0 Å². The smallest absolute Gasteiger partial charge is 0.335 e. The first-order chi connectivity index (χ1) is 11.4. The van der Waals surface area contributed by atoms with Gasteiger partial charge in [0.25, 0.3) is 5.91 Å². The topological polar surface area (TPSA) is 70.1 Å². The summed E-state index contributed by atoms with van der Waals surface area (Å²) in [6, 6.07) is 4.68. The van der Waals surface area contributed by atoms with Crippen LogP contribution in [0.3, 0.4) is 0 Å². The van der Waals surface area contributed by atoms with E-state index in [9.17, 15) is 14.7 Å². The lowest BCUT2D eigenvalue weighted by atomic mass is 10.0. The van der Waals surface area contributed by atoms with Crippen LogP contribution in [0.25, 0.3) is 0 Å². The van der Waals surface area contributed by atoms with E-state index < -0.39 is 11.6 Å². The second-order valence-electron chi connectivity index (χ2n) is 6.96. The molecule has 0 atom stereocenters. The van der Waals surface area contributed by atoms with Crippen molar-refractivity contribution >= 4 is 17.6 Å². The van der Waals surface area contributed by atoms with E-state index in [4.69, 9.17) is 4.74 Å². The number of hydrogen-bond acceptors (Lipinski definition) is 4. The predicted molar refractivity (Wildman–Crippen MR) is 90.8 cm³/mol. The maximum absolute atomic E-state index is 12.8. The zero-order valence-corrected chi connectivity index (χ0v) is 14.2. The molecule has 6 nitrogen and oxygen atoms in total. The third kappa shape index (κ3) is 3.24. The van der Waals surface area contributed by atoms with Gasteiger partial charge in [0.2, 0.25) is 0 Å². The normalized spacial score (nSPS) is 20.4. The minimum atomic E-state index is -1.01. The number of amides is 1. The van der Waals surface area contributed by atoms with Crippen molar-refractivity contribution in [1.29, 1.82) is 0 Å². The molecule has 130 valence electrons. The van der Waals surface area contributed by atoms with Crippen LogP contribution < -0.4 is 9.64 Å². The highest BCUT2D eigenvalue weighted by molar-refractivity contribution is 6.03. The molecule has 24 heavy (non-hydrogen) atoms. The van der Waals surface area contributed by atoms with E-state index in [1.165, 1.54) is 31.4 Å². The molecule has 1 aromatic rings. The summed E-state index contributed by atoms with van der Waals surface area (Å²) in [7, 11) is 0. The Morgan fingerprint density at radius 3 is 2.58 bits per heavy atom. The molecule has 0 bridgehead atoms. The number of hydrogen-bond donors (Lipinski definition) is 1. The number of aromatic carboxylic acids is 1. The fourth-order valence-corrected chi connectivity index (χ4v) is 3.35. The number of carboxylic acids is 1. The molecule has 1 saturated heterocycles. The highest BCUT2D eigenvalue weighted by Gasteiger charge is 2.41. The van der Waals surface area contributed by atoms with Gasteiger partial charge >= 0.3 is 5.97 Å². The van der Waals surface area contributed by atoms with E-state index in [1.807, 2.05) is 0 Å². The summed E-state index contributed by atoms with van der Waals surface area (Å²) in [4.78, 5) is 28.1. The van der Waals surface area contributed by atoms with Crippen LogP contribution in [0, 0.1) is 0 Å². The average molecular weight is 332 g/mol. The van der Waals surface area contributed by atoms with Gasteiger partial charge in [-0.05, 0) is 58.0 Å². The monoisotopic (exact) mass is 332 g/mol. The summed E-state index contributed by atoms with van der Waals surface area (Å²) in [6.07, 6.45) is 3.66. The molecule has 1 fully saturated rings. The van der Waals surface area contributed by atoms with Crippen LogP contribution in [0.1, 0.15) is 43.5 Å². The Hall–Kier alpha value is -2.08. The first kappa shape index (κ1) is 16.8. The number of anilines is 1. The van der Waals surface area contributed by atoms with Gasteiger partial charge in [0.05, 0.1) is 11.3 Å². The van der Waals surface area contributed by atoms with Crippen molar-refractivity contribution in [2.45, 2.75) is 38.7 Å². The Bertz CT molecular complexity index is 650. The fourth-order valence-electron chi connectivity index (χ4n) is 3.35. The summed E-state index contributed by atoms with van der Waals surface area (Å²) < 4.78 is 5.79. The van der Waals surface area contributed by atoms with Crippen molar-refractivity contribution in [2.75, 3.05) is 31.1 Å². The molecule has 3 rings (SSSR count). The number of nitrogens with zero attached hydrogens (tertiary/aromatic N) is 2. The molecule has 0 radical (unpaired) electrons. The largest absolute Gasteiger partial charge is 0.478 e. The van der Waals surface area contributed by atoms with Gasteiger partial charge in [-0.1, -0.05) is 6.42 Å². The maximum Gasteiger partial charge on any atom is 0.335 e. The van der Waals surface area contributed by atoms with Crippen molar-refractivity contribution in [3.63, 3.8) is 0 Å². The van der Waals surface area contributed by atoms with Gasteiger partial charge in [-0.2, -0.15) is 0 Å². The van der Waals surface area contributed by atoms with Crippen molar-refractivity contribution in [2.24, 2.45) is 0 Å². The van der Waals surface area contributed by atoms with E-state index in [2.05, 4.69) is 4.90 Å². The lowest BCUT2D eigenvalue weighted by Gasteiger charge is -2.40. The highest BCUT2D eigenvalue weighted by Crippen LogP contribution is 2.38. The Balaban J connectivity index is 1.86. The third-order valence-corrected chi connectivity index (χ3v) is 4.71. The van der Waals surface area contributed by atoms with Crippen molar-refractivity contribution in [3.8, 4) is 5.75 Å². The van der Waals surface area contributed by atoms with E-state index in [-0.39, 0.29) is 11.5 Å². The van der Waals surface area contributed by atoms with E-state index in [1.54, 1.807) is 24.8 Å². The Morgan fingerprint density at radius 1 is 1.21 bits per heavy atom. The second kappa shape index (κ2) is 6.43. The summed E-state index contributed by atoms with van der Waals surface area (Å²) in [6.45, 7) is 6.95. The molecule has 6 heteroatoms. The van der Waals surface area contributed by atoms with Crippen LogP contribution in [0.2, 0.25) is 0 Å². The minimum Gasteiger partial charge on any atom is -0.478 e. The van der Waals surface area contributed by atoms with Gasteiger partial charge in [0.15, 0.2) is 5.60 Å². The minimum absolute atomic E-state index is 0.130. The maximum atomic E-state index is 12.8. The van der Waals surface area contributed by atoms with Gasteiger partial charge in [0.1, 0.15) is 5.75 Å². The molecular formula is C18H24N2O4. The number of fused-ring (bicyclic) bond motifs is 1. The van der Waals surface area contributed by atoms with E-state index in [0.717, 1.165) is 19.6 Å². The fraction of sp³-hybridized carbons (Fsp3) is 0.556. The van der Waals surface area contributed by atoms with Crippen molar-refractivity contribution in [1.82, 2.24) is 4.90 Å². The SMILES string of the molecule is CC1(C)Oc2ccc(C(=O)O)cc2N(CCN2CCCCC2)C1=O. The molecule has 1 N–H and O–H groups in total. The number of benzene rings is 1. The molecule has 1 aromatic carbocycles.